The smallest absolute Gasteiger partial charge is 0.332 e. The van der Waals surface area contributed by atoms with Gasteiger partial charge in [0.1, 0.15) is 17.4 Å². The van der Waals surface area contributed by atoms with Crippen LogP contribution in [-0.2, 0) is 4.79 Å². The number of hydrogen-bond donors (Lipinski definition) is 3. The summed E-state index contributed by atoms with van der Waals surface area (Å²) in [4.78, 5) is 40.3. The van der Waals surface area contributed by atoms with Crippen molar-refractivity contribution in [3.63, 3.8) is 0 Å². The number of hydrogen-bond acceptors (Lipinski definition) is 8. The van der Waals surface area contributed by atoms with Gasteiger partial charge in [-0.3, -0.25) is 4.79 Å². The first kappa shape index (κ1) is 29.1. The van der Waals surface area contributed by atoms with E-state index in [1.165, 1.54) is 42.1 Å². The molecule has 0 aliphatic carbocycles. The van der Waals surface area contributed by atoms with Crippen LogP contribution >= 0.6 is 12.4 Å². The van der Waals surface area contributed by atoms with Crippen LogP contribution in [0.2, 0.25) is 0 Å². The second kappa shape index (κ2) is 12.4. The van der Waals surface area contributed by atoms with Gasteiger partial charge in [0, 0.05) is 38.5 Å². The van der Waals surface area contributed by atoms with Gasteiger partial charge in [0.25, 0.3) is 0 Å². The Morgan fingerprint density at radius 1 is 1.18 bits per heavy atom. The zero-order valence-corrected chi connectivity index (χ0v) is 22.8. The summed E-state index contributed by atoms with van der Waals surface area (Å²) in [7, 11) is 7.43. The topological polar surface area (TPSA) is 120 Å². The summed E-state index contributed by atoms with van der Waals surface area (Å²) in [6, 6.07) is 9.11. The third kappa shape index (κ3) is 6.54. The van der Waals surface area contributed by atoms with Gasteiger partial charge in [0.15, 0.2) is 0 Å². The first-order valence-corrected chi connectivity index (χ1v) is 11.7. The van der Waals surface area contributed by atoms with Gasteiger partial charge < -0.3 is 30.2 Å². The molecule has 0 aliphatic heterocycles. The van der Waals surface area contributed by atoms with Gasteiger partial charge >= 0.3 is 5.69 Å². The van der Waals surface area contributed by atoms with Gasteiger partial charge in [-0.15, -0.1) is 12.4 Å². The molecule has 0 unspecified atom stereocenters. The molecule has 206 valence electrons. The number of anilines is 4. The van der Waals surface area contributed by atoms with E-state index in [1.807, 2.05) is 26.0 Å². The Kier molecular flexibility index (Phi) is 9.28. The Bertz CT molecular complexity index is 1550. The molecule has 2 aromatic heterocycles. The van der Waals surface area contributed by atoms with Gasteiger partial charge in [-0.1, -0.05) is 6.58 Å². The number of rotatable bonds is 10. The summed E-state index contributed by atoms with van der Waals surface area (Å²) in [5.74, 6) is 0.125. The summed E-state index contributed by atoms with van der Waals surface area (Å²) in [5, 5.41) is 5.96. The molecule has 4 rings (SSSR count). The number of H-pyrrole nitrogens is 1. The predicted molar refractivity (Wildman–Crippen MR) is 154 cm³/mol. The Morgan fingerprint density at radius 3 is 2.64 bits per heavy atom. The molecule has 3 N–H and O–H groups in total. The Hall–Kier alpha value is -4.42. The molecule has 13 heteroatoms. The lowest BCUT2D eigenvalue weighted by Crippen LogP contribution is -2.29. The van der Waals surface area contributed by atoms with Gasteiger partial charge in [-0.2, -0.15) is 4.98 Å². The van der Waals surface area contributed by atoms with Crippen molar-refractivity contribution < 1.29 is 13.9 Å². The average molecular weight is 557 g/mol. The predicted octanol–water partition coefficient (Wildman–Crippen LogP) is 3.54. The number of imidazole rings is 1. The molecule has 0 saturated carbocycles. The molecule has 2 heterocycles. The minimum Gasteiger partial charge on any atom is -0.494 e. The van der Waals surface area contributed by atoms with E-state index in [9.17, 15) is 14.0 Å². The SMILES string of the molecule is C=CC(=O)Nc1cc(Nc2nccc(-n3c(=O)[nH]c4cc(F)ccc43)n2)c(OC)cc1N(C)CCN(C)C.Cl. The van der Waals surface area contributed by atoms with Gasteiger partial charge in [0.2, 0.25) is 11.9 Å². The van der Waals surface area contributed by atoms with Crippen LogP contribution in [0.1, 0.15) is 0 Å². The number of likely N-dealkylation sites (N-methyl/N-ethyl adjacent to an activating group) is 2. The van der Waals surface area contributed by atoms with E-state index in [0.29, 0.717) is 34.7 Å². The van der Waals surface area contributed by atoms with Gasteiger partial charge in [-0.25, -0.2) is 18.7 Å². The lowest BCUT2D eigenvalue weighted by molar-refractivity contribution is -0.111. The highest BCUT2D eigenvalue weighted by Gasteiger charge is 2.17. The number of methoxy groups -OCH3 is 1. The zero-order valence-electron chi connectivity index (χ0n) is 22.0. The van der Waals surface area contributed by atoms with Crippen molar-refractivity contribution in [2.45, 2.75) is 0 Å². The standard InChI is InChI=1S/C26H29FN8O3.ClH/c1-6-24(36)29-18-14-19(22(38-5)15-21(18)34(4)12-11-33(2)3)30-25-28-10-9-23(32-25)35-20-8-7-16(27)13-17(20)31-26(35)37;/h6-10,13-15H,1,11-12H2,2-5H3,(H,29,36)(H,31,37)(H,28,30,32);1H. The largest absolute Gasteiger partial charge is 0.494 e. The first-order valence-electron chi connectivity index (χ1n) is 11.7. The number of fused-ring (bicyclic) bond motifs is 1. The van der Waals surface area contributed by atoms with Gasteiger partial charge in [0.05, 0.1) is 35.2 Å². The van der Waals surface area contributed by atoms with Gasteiger partial charge in [-0.05, 0) is 44.4 Å². The van der Waals surface area contributed by atoms with Crippen LogP contribution in [-0.4, -0.2) is 71.7 Å². The molecule has 1 amide bonds. The molecule has 0 aliphatic rings. The fourth-order valence-corrected chi connectivity index (χ4v) is 3.87. The number of carbonyl (C=O) groups is 1. The highest BCUT2D eigenvalue weighted by molar-refractivity contribution is 6.02. The lowest BCUT2D eigenvalue weighted by Gasteiger charge is -2.26. The average Bonchev–Trinajstić information content (AvgIpc) is 3.22. The molecule has 0 saturated heterocycles. The quantitative estimate of drug-likeness (QED) is 0.254. The van der Waals surface area contributed by atoms with E-state index in [-0.39, 0.29) is 30.1 Å². The van der Waals surface area contributed by atoms with Crippen molar-refractivity contribution in [1.29, 1.82) is 0 Å². The molecule has 0 spiro atoms. The number of aromatic nitrogens is 4. The summed E-state index contributed by atoms with van der Waals surface area (Å²) in [6.07, 6.45) is 2.69. The number of carbonyl (C=O) groups excluding carboxylic acids is 1. The Balaban J connectivity index is 0.00000420. The maximum absolute atomic E-state index is 13.6. The van der Waals surface area contributed by atoms with E-state index in [0.717, 1.165) is 12.2 Å². The van der Waals surface area contributed by atoms with Crippen molar-refractivity contribution >= 4 is 52.4 Å². The van der Waals surface area contributed by atoms with Crippen molar-refractivity contribution in [2.24, 2.45) is 0 Å². The van der Waals surface area contributed by atoms with Crippen molar-refractivity contribution in [1.82, 2.24) is 24.4 Å². The van der Waals surface area contributed by atoms with Crippen molar-refractivity contribution in [2.75, 3.05) is 56.9 Å². The van der Waals surface area contributed by atoms with Crippen LogP contribution in [0, 0.1) is 5.82 Å². The zero-order chi connectivity index (χ0) is 27.4. The van der Waals surface area contributed by atoms with E-state index in [1.54, 1.807) is 18.2 Å². The third-order valence-electron chi connectivity index (χ3n) is 5.82. The van der Waals surface area contributed by atoms with Crippen LogP contribution < -0.4 is 26.0 Å². The maximum atomic E-state index is 13.6. The minimum absolute atomic E-state index is 0. The van der Waals surface area contributed by atoms with Crippen LogP contribution in [0.15, 0.2) is 60.0 Å². The highest BCUT2D eigenvalue weighted by Crippen LogP contribution is 2.38. The summed E-state index contributed by atoms with van der Waals surface area (Å²) in [5.41, 5.74) is 2.12. The summed E-state index contributed by atoms with van der Waals surface area (Å²) < 4.78 is 20.6. The summed E-state index contributed by atoms with van der Waals surface area (Å²) in [6.45, 7) is 5.04. The number of nitrogens with one attached hydrogen (secondary N) is 3. The van der Waals surface area contributed by atoms with E-state index >= 15 is 0 Å². The van der Waals surface area contributed by atoms with E-state index in [4.69, 9.17) is 4.74 Å². The second-order valence-corrected chi connectivity index (χ2v) is 8.78. The number of nitrogens with zero attached hydrogens (tertiary/aromatic N) is 5. The Labute approximate surface area is 230 Å². The molecule has 0 bridgehead atoms. The van der Waals surface area contributed by atoms with Crippen LogP contribution in [0.25, 0.3) is 16.9 Å². The summed E-state index contributed by atoms with van der Waals surface area (Å²) >= 11 is 0. The van der Waals surface area contributed by atoms with Crippen molar-refractivity contribution in [3.8, 4) is 11.6 Å². The molecular weight excluding hydrogens is 527 g/mol. The number of halogens is 2. The number of amides is 1. The van der Waals surface area contributed by atoms with Crippen molar-refractivity contribution in [3.05, 3.63) is 71.6 Å². The second-order valence-electron chi connectivity index (χ2n) is 8.78. The molecule has 0 fully saturated rings. The molecular formula is C26H30ClFN8O3. The first-order chi connectivity index (χ1) is 18.2. The van der Waals surface area contributed by atoms with Crippen LogP contribution in [0.5, 0.6) is 5.75 Å². The molecule has 0 atom stereocenters. The third-order valence-corrected chi connectivity index (χ3v) is 5.82. The molecule has 11 nitrogen and oxygen atoms in total. The Morgan fingerprint density at radius 2 is 1.95 bits per heavy atom. The number of benzene rings is 2. The monoisotopic (exact) mass is 556 g/mol. The fraction of sp³-hybridized carbons (Fsp3) is 0.231. The normalized spacial score (nSPS) is 10.7. The van der Waals surface area contributed by atoms with E-state index in [2.05, 4.69) is 37.1 Å². The molecule has 39 heavy (non-hydrogen) atoms. The molecule has 4 aromatic rings. The number of ether oxygens (including phenoxy) is 1. The lowest BCUT2D eigenvalue weighted by atomic mass is 10.2. The van der Waals surface area contributed by atoms with Crippen LogP contribution in [0.3, 0.4) is 0 Å². The molecule has 0 radical (unpaired) electrons. The van der Waals surface area contributed by atoms with E-state index < -0.39 is 11.5 Å². The number of aromatic amines is 1. The fourth-order valence-electron chi connectivity index (χ4n) is 3.87. The maximum Gasteiger partial charge on any atom is 0.332 e. The highest BCUT2D eigenvalue weighted by atomic mass is 35.5. The van der Waals surface area contributed by atoms with Crippen LogP contribution in [0.4, 0.5) is 27.4 Å². The minimum atomic E-state index is -0.465. The molecule has 2 aromatic carbocycles.